The van der Waals surface area contributed by atoms with Gasteiger partial charge in [-0.15, -0.1) is 0 Å². The molecule has 0 N–H and O–H groups in total. The fraction of sp³-hybridized carbons (Fsp3) is 0.300. The van der Waals surface area contributed by atoms with E-state index >= 15 is 0 Å². The Kier molecular flexibility index (Phi) is 3.11. The molecule has 14 heavy (non-hydrogen) atoms. The number of hydrogen-bond donors (Lipinski definition) is 0. The van der Waals surface area contributed by atoms with Gasteiger partial charge in [-0.05, 0) is 25.5 Å². The lowest BCUT2D eigenvalue weighted by molar-refractivity contribution is 0.0599. The van der Waals surface area contributed by atoms with E-state index in [1.807, 2.05) is 0 Å². The second-order valence-corrected chi connectivity index (χ2v) is 3.36. The summed E-state index contributed by atoms with van der Waals surface area (Å²) in [6.07, 6.45) is 0. The molecule has 0 aliphatic heterocycles. The van der Waals surface area contributed by atoms with Gasteiger partial charge in [0.1, 0.15) is 5.82 Å². The minimum absolute atomic E-state index is 0.103. The lowest BCUT2D eigenvalue weighted by Gasteiger charge is -2.09. The summed E-state index contributed by atoms with van der Waals surface area (Å²) in [7, 11) is 1.23. The molecular weight excluding hydrogens is 207 g/mol. The van der Waals surface area contributed by atoms with Crippen LogP contribution >= 0.6 is 11.6 Å². The molecule has 0 heterocycles. The van der Waals surface area contributed by atoms with Gasteiger partial charge in [0.2, 0.25) is 0 Å². The normalized spacial score (nSPS) is 10.1. The van der Waals surface area contributed by atoms with Crippen LogP contribution in [0.15, 0.2) is 6.07 Å². The molecule has 0 fully saturated rings. The molecule has 0 saturated carbocycles. The zero-order chi connectivity index (χ0) is 10.9. The van der Waals surface area contributed by atoms with Crippen molar-refractivity contribution in [1.82, 2.24) is 0 Å². The molecule has 1 rings (SSSR count). The van der Waals surface area contributed by atoms with E-state index in [4.69, 9.17) is 11.6 Å². The summed E-state index contributed by atoms with van der Waals surface area (Å²) in [5.74, 6) is -1.07. The second-order valence-electron chi connectivity index (χ2n) is 2.98. The fourth-order valence-electron chi connectivity index (χ4n) is 1.19. The molecule has 0 unspecified atom stereocenters. The number of methoxy groups -OCH3 is 1. The second kappa shape index (κ2) is 3.96. The predicted molar refractivity (Wildman–Crippen MR) is 52.2 cm³/mol. The van der Waals surface area contributed by atoms with E-state index in [0.29, 0.717) is 5.56 Å². The molecular formula is C10H10ClFO2. The van der Waals surface area contributed by atoms with Crippen LogP contribution in [-0.4, -0.2) is 13.1 Å². The highest BCUT2D eigenvalue weighted by molar-refractivity contribution is 6.34. The molecule has 0 aliphatic carbocycles. The number of carbonyl (C=O) groups excluding carboxylic acids is 1. The number of benzene rings is 1. The van der Waals surface area contributed by atoms with Gasteiger partial charge >= 0.3 is 5.97 Å². The number of esters is 1. The Labute approximate surface area is 86.6 Å². The molecule has 0 aromatic heterocycles. The molecule has 0 radical (unpaired) electrons. The van der Waals surface area contributed by atoms with Crippen molar-refractivity contribution in [2.45, 2.75) is 13.8 Å². The van der Waals surface area contributed by atoms with Gasteiger partial charge in [-0.2, -0.15) is 0 Å². The quantitative estimate of drug-likeness (QED) is 0.675. The summed E-state index contributed by atoms with van der Waals surface area (Å²) in [5.41, 5.74) is 0.842. The Morgan fingerprint density at radius 1 is 1.50 bits per heavy atom. The van der Waals surface area contributed by atoms with Gasteiger partial charge in [0.05, 0.1) is 17.7 Å². The van der Waals surface area contributed by atoms with Crippen molar-refractivity contribution in [2.24, 2.45) is 0 Å². The van der Waals surface area contributed by atoms with E-state index in [9.17, 15) is 9.18 Å². The third kappa shape index (κ3) is 1.73. The summed E-state index contributed by atoms with van der Waals surface area (Å²) in [5, 5.41) is 0.246. The molecule has 0 bridgehead atoms. The Morgan fingerprint density at radius 2 is 2.07 bits per heavy atom. The van der Waals surface area contributed by atoms with Crippen molar-refractivity contribution in [1.29, 1.82) is 0 Å². The first kappa shape index (κ1) is 11.0. The highest BCUT2D eigenvalue weighted by Gasteiger charge is 2.18. The van der Waals surface area contributed by atoms with Gasteiger partial charge in [0.15, 0.2) is 0 Å². The number of aryl methyl sites for hydroxylation is 1. The Balaban J connectivity index is 3.47. The van der Waals surface area contributed by atoms with Crippen molar-refractivity contribution in [3.8, 4) is 0 Å². The maximum Gasteiger partial charge on any atom is 0.339 e. The van der Waals surface area contributed by atoms with Gasteiger partial charge in [-0.1, -0.05) is 11.6 Å². The summed E-state index contributed by atoms with van der Waals surface area (Å²) in [6.45, 7) is 3.13. The van der Waals surface area contributed by atoms with Gasteiger partial charge < -0.3 is 4.74 Å². The van der Waals surface area contributed by atoms with Crippen LogP contribution in [0.2, 0.25) is 5.02 Å². The fourth-order valence-corrected chi connectivity index (χ4v) is 1.46. The molecule has 0 spiro atoms. The number of carbonyl (C=O) groups is 1. The van der Waals surface area contributed by atoms with E-state index in [2.05, 4.69) is 4.74 Å². The van der Waals surface area contributed by atoms with Crippen molar-refractivity contribution >= 4 is 17.6 Å². The van der Waals surface area contributed by atoms with Crippen molar-refractivity contribution in [2.75, 3.05) is 7.11 Å². The average molecular weight is 217 g/mol. The van der Waals surface area contributed by atoms with E-state index in [1.165, 1.54) is 20.1 Å². The number of rotatable bonds is 1. The Hall–Kier alpha value is -1.09. The van der Waals surface area contributed by atoms with Crippen LogP contribution in [0.25, 0.3) is 0 Å². The maximum atomic E-state index is 13.3. The standard InChI is InChI=1S/C10H10ClFO2/c1-5-4-7(12)6(2)8(9(5)11)10(13)14-3/h4H,1-3H3. The smallest absolute Gasteiger partial charge is 0.339 e. The minimum Gasteiger partial charge on any atom is -0.465 e. The van der Waals surface area contributed by atoms with Gasteiger partial charge in [-0.3, -0.25) is 0 Å². The van der Waals surface area contributed by atoms with Gasteiger partial charge in [-0.25, -0.2) is 9.18 Å². The first-order valence-electron chi connectivity index (χ1n) is 4.02. The molecule has 0 saturated heterocycles. The lowest BCUT2D eigenvalue weighted by atomic mass is 10.0. The lowest BCUT2D eigenvalue weighted by Crippen LogP contribution is -2.07. The third-order valence-electron chi connectivity index (χ3n) is 2.03. The first-order valence-corrected chi connectivity index (χ1v) is 4.40. The number of ether oxygens (including phenoxy) is 1. The van der Waals surface area contributed by atoms with Crippen LogP contribution in [0.5, 0.6) is 0 Å². The van der Waals surface area contributed by atoms with Crippen LogP contribution in [0.1, 0.15) is 21.5 Å². The highest BCUT2D eigenvalue weighted by Crippen LogP contribution is 2.26. The molecule has 1 aromatic carbocycles. The van der Waals surface area contributed by atoms with Crippen LogP contribution < -0.4 is 0 Å². The van der Waals surface area contributed by atoms with E-state index < -0.39 is 11.8 Å². The number of halogens is 2. The van der Waals surface area contributed by atoms with Crippen LogP contribution in [0.3, 0.4) is 0 Å². The van der Waals surface area contributed by atoms with Crippen LogP contribution in [-0.2, 0) is 4.74 Å². The maximum absolute atomic E-state index is 13.3. The van der Waals surface area contributed by atoms with Gasteiger partial charge in [0.25, 0.3) is 0 Å². The van der Waals surface area contributed by atoms with Gasteiger partial charge in [0, 0.05) is 5.56 Å². The summed E-state index contributed by atoms with van der Waals surface area (Å²) in [6, 6.07) is 1.30. The van der Waals surface area contributed by atoms with Crippen molar-refractivity contribution < 1.29 is 13.9 Å². The third-order valence-corrected chi connectivity index (χ3v) is 2.52. The zero-order valence-corrected chi connectivity index (χ0v) is 8.91. The minimum atomic E-state index is -0.616. The summed E-state index contributed by atoms with van der Waals surface area (Å²) < 4.78 is 17.8. The van der Waals surface area contributed by atoms with Crippen molar-refractivity contribution in [3.05, 3.63) is 33.6 Å². The monoisotopic (exact) mass is 216 g/mol. The summed E-state index contributed by atoms with van der Waals surface area (Å²) >= 11 is 5.88. The molecule has 0 aliphatic rings. The van der Waals surface area contributed by atoms with Crippen LogP contribution in [0.4, 0.5) is 4.39 Å². The highest BCUT2D eigenvalue weighted by atomic mass is 35.5. The molecule has 2 nitrogen and oxygen atoms in total. The SMILES string of the molecule is COC(=O)c1c(C)c(F)cc(C)c1Cl. The van der Waals surface area contributed by atoms with E-state index in [-0.39, 0.29) is 16.1 Å². The molecule has 1 aromatic rings. The molecule has 0 amide bonds. The van der Waals surface area contributed by atoms with Crippen LogP contribution in [0, 0.1) is 19.7 Å². The first-order chi connectivity index (χ1) is 6.49. The van der Waals surface area contributed by atoms with E-state index in [1.54, 1.807) is 6.92 Å². The Morgan fingerprint density at radius 3 is 2.57 bits per heavy atom. The molecule has 0 atom stereocenters. The van der Waals surface area contributed by atoms with E-state index in [0.717, 1.165) is 0 Å². The number of hydrogen-bond acceptors (Lipinski definition) is 2. The summed E-state index contributed by atoms with van der Waals surface area (Å²) in [4.78, 5) is 11.3. The largest absolute Gasteiger partial charge is 0.465 e. The topological polar surface area (TPSA) is 26.3 Å². The molecule has 4 heteroatoms. The Bertz CT molecular complexity index is 362. The molecule has 76 valence electrons. The van der Waals surface area contributed by atoms with Crippen molar-refractivity contribution in [3.63, 3.8) is 0 Å². The zero-order valence-electron chi connectivity index (χ0n) is 8.15. The average Bonchev–Trinajstić information content (AvgIpc) is 2.15. The predicted octanol–water partition coefficient (Wildman–Crippen LogP) is 2.88.